The standard InChI is InChI=1S/C14H20N2O2S/c1-10-8-16(6-7-18-10)14(17)9-19-13-5-3-4-12(15)11(13)2/h3-5,10H,6-9,15H2,1-2H3. The molecule has 1 fully saturated rings. The number of benzene rings is 1. The van der Waals surface area contributed by atoms with E-state index in [1.807, 2.05) is 36.9 Å². The van der Waals surface area contributed by atoms with Crippen molar-refractivity contribution in [3.05, 3.63) is 23.8 Å². The maximum atomic E-state index is 12.1. The lowest BCUT2D eigenvalue weighted by atomic mass is 10.2. The van der Waals surface area contributed by atoms with Gasteiger partial charge >= 0.3 is 0 Å². The third-order valence-electron chi connectivity index (χ3n) is 3.27. The Bertz CT molecular complexity index is 465. The van der Waals surface area contributed by atoms with Crippen molar-refractivity contribution in [2.45, 2.75) is 24.8 Å². The van der Waals surface area contributed by atoms with E-state index in [0.29, 0.717) is 25.4 Å². The summed E-state index contributed by atoms with van der Waals surface area (Å²) < 4.78 is 5.44. The molecule has 1 heterocycles. The molecule has 104 valence electrons. The Balaban J connectivity index is 1.91. The first-order chi connectivity index (χ1) is 9.08. The largest absolute Gasteiger partial charge is 0.398 e. The predicted molar refractivity (Wildman–Crippen MR) is 78.3 cm³/mol. The van der Waals surface area contributed by atoms with Crippen molar-refractivity contribution >= 4 is 23.4 Å². The first-order valence-electron chi connectivity index (χ1n) is 6.45. The smallest absolute Gasteiger partial charge is 0.233 e. The molecule has 1 saturated heterocycles. The second-order valence-corrected chi connectivity index (χ2v) is 5.80. The summed E-state index contributed by atoms with van der Waals surface area (Å²) in [6.45, 7) is 6.00. The fraction of sp³-hybridized carbons (Fsp3) is 0.500. The van der Waals surface area contributed by atoms with Crippen LogP contribution in [0.25, 0.3) is 0 Å². The van der Waals surface area contributed by atoms with Crippen LogP contribution in [0, 0.1) is 6.92 Å². The van der Waals surface area contributed by atoms with Crippen molar-refractivity contribution in [1.82, 2.24) is 4.90 Å². The van der Waals surface area contributed by atoms with Crippen LogP contribution in [-0.2, 0) is 9.53 Å². The molecule has 0 aliphatic carbocycles. The first kappa shape index (κ1) is 14.2. The molecule has 1 amide bonds. The van der Waals surface area contributed by atoms with Crippen molar-refractivity contribution in [1.29, 1.82) is 0 Å². The van der Waals surface area contributed by atoms with Crippen LogP contribution in [0.2, 0.25) is 0 Å². The van der Waals surface area contributed by atoms with Gasteiger partial charge in [0.1, 0.15) is 0 Å². The summed E-state index contributed by atoms with van der Waals surface area (Å²) in [4.78, 5) is 15.1. The van der Waals surface area contributed by atoms with E-state index < -0.39 is 0 Å². The van der Waals surface area contributed by atoms with Crippen LogP contribution >= 0.6 is 11.8 Å². The lowest BCUT2D eigenvalue weighted by Gasteiger charge is -2.31. The van der Waals surface area contributed by atoms with Gasteiger partial charge in [0.15, 0.2) is 0 Å². The maximum Gasteiger partial charge on any atom is 0.233 e. The molecule has 0 radical (unpaired) electrons. The van der Waals surface area contributed by atoms with Gasteiger partial charge in [-0.2, -0.15) is 0 Å². The Morgan fingerprint density at radius 2 is 2.37 bits per heavy atom. The van der Waals surface area contributed by atoms with Gasteiger partial charge < -0.3 is 15.4 Å². The lowest BCUT2D eigenvalue weighted by Crippen LogP contribution is -2.45. The molecule has 1 unspecified atom stereocenters. The number of hydrogen-bond acceptors (Lipinski definition) is 4. The normalized spacial score (nSPS) is 19.5. The average Bonchev–Trinajstić information content (AvgIpc) is 2.40. The van der Waals surface area contributed by atoms with E-state index in [0.717, 1.165) is 16.1 Å². The molecule has 0 aromatic heterocycles. The van der Waals surface area contributed by atoms with E-state index in [4.69, 9.17) is 10.5 Å². The molecule has 1 aliphatic heterocycles. The average molecular weight is 280 g/mol. The second kappa shape index (κ2) is 6.30. The van der Waals surface area contributed by atoms with Crippen molar-refractivity contribution in [3.63, 3.8) is 0 Å². The van der Waals surface area contributed by atoms with Crippen LogP contribution in [0.3, 0.4) is 0 Å². The predicted octanol–water partition coefficient (Wildman–Crippen LogP) is 1.92. The molecule has 1 aliphatic rings. The second-order valence-electron chi connectivity index (χ2n) is 4.78. The van der Waals surface area contributed by atoms with Crippen molar-refractivity contribution < 1.29 is 9.53 Å². The van der Waals surface area contributed by atoms with Crippen molar-refractivity contribution in [2.24, 2.45) is 0 Å². The van der Waals surface area contributed by atoms with Crippen LogP contribution in [0.5, 0.6) is 0 Å². The van der Waals surface area contributed by atoms with Crippen LogP contribution in [0.4, 0.5) is 5.69 Å². The topological polar surface area (TPSA) is 55.6 Å². The number of hydrogen-bond donors (Lipinski definition) is 1. The van der Waals surface area contributed by atoms with Crippen molar-refractivity contribution in [2.75, 3.05) is 31.2 Å². The van der Waals surface area contributed by atoms with E-state index in [1.165, 1.54) is 0 Å². The Morgan fingerprint density at radius 3 is 3.11 bits per heavy atom. The van der Waals surface area contributed by atoms with Gasteiger partial charge in [-0.15, -0.1) is 11.8 Å². The SMILES string of the molecule is Cc1c(N)cccc1SCC(=O)N1CCOC(C)C1. The highest BCUT2D eigenvalue weighted by atomic mass is 32.2. The molecule has 0 spiro atoms. The van der Waals surface area contributed by atoms with Gasteiger partial charge in [-0.3, -0.25) is 4.79 Å². The highest BCUT2D eigenvalue weighted by Crippen LogP contribution is 2.26. The monoisotopic (exact) mass is 280 g/mol. The zero-order valence-corrected chi connectivity index (χ0v) is 12.2. The molecule has 5 heteroatoms. The van der Waals surface area contributed by atoms with E-state index in [2.05, 4.69) is 0 Å². The lowest BCUT2D eigenvalue weighted by molar-refractivity contribution is -0.135. The third kappa shape index (κ3) is 3.64. The number of amides is 1. The summed E-state index contributed by atoms with van der Waals surface area (Å²) in [6.07, 6.45) is 0.136. The van der Waals surface area contributed by atoms with Gasteiger partial charge in [0.2, 0.25) is 5.91 Å². The molecule has 19 heavy (non-hydrogen) atoms. The number of nitrogens with zero attached hydrogens (tertiary/aromatic N) is 1. The number of anilines is 1. The molecular weight excluding hydrogens is 260 g/mol. The summed E-state index contributed by atoms with van der Waals surface area (Å²) >= 11 is 1.55. The summed E-state index contributed by atoms with van der Waals surface area (Å²) in [5.74, 6) is 0.624. The number of rotatable bonds is 3. The van der Waals surface area contributed by atoms with E-state index >= 15 is 0 Å². The van der Waals surface area contributed by atoms with E-state index in [9.17, 15) is 4.79 Å². The zero-order chi connectivity index (χ0) is 13.8. The Morgan fingerprint density at radius 1 is 1.58 bits per heavy atom. The Kier molecular flexibility index (Phi) is 4.71. The van der Waals surface area contributed by atoms with Gasteiger partial charge in [-0.1, -0.05) is 6.07 Å². The molecule has 1 aromatic carbocycles. The number of carbonyl (C=O) groups is 1. The molecular formula is C14H20N2O2S. The van der Waals surface area contributed by atoms with E-state index in [1.54, 1.807) is 11.8 Å². The first-order valence-corrected chi connectivity index (χ1v) is 7.43. The van der Waals surface area contributed by atoms with E-state index in [-0.39, 0.29) is 12.0 Å². The van der Waals surface area contributed by atoms with Crippen molar-refractivity contribution in [3.8, 4) is 0 Å². The van der Waals surface area contributed by atoms with Gasteiger partial charge in [-0.25, -0.2) is 0 Å². The molecule has 2 N–H and O–H groups in total. The van der Waals surface area contributed by atoms with Gasteiger partial charge in [0, 0.05) is 23.7 Å². The summed E-state index contributed by atoms with van der Waals surface area (Å²) in [5, 5.41) is 0. The molecule has 1 atom stereocenters. The number of nitrogens with two attached hydrogens (primary N) is 1. The molecule has 1 aromatic rings. The number of nitrogen functional groups attached to an aromatic ring is 1. The summed E-state index contributed by atoms with van der Waals surface area (Å²) in [5.41, 5.74) is 7.69. The number of thioether (sulfide) groups is 1. The van der Waals surface area contributed by atoms with Crippen LogP contribution in [0.1, 0.15) is 12.5 Å². The Hall–Kier alpha value is -1.20. The molecule has 2 rings (SSSR count). The fourth-order valence-corrected chi connectivity index (χ4v) is 3.03. The van der Waals surface area contributed by atoms with Gasteiger partial charge in [0.25, 0.3) is 0 Å². The van der Waals surface area contributed by atoms with Crippen LogP contribution in [0.15, 0.2) is 23.1 Å². The number of morpholine rings is 1. The fourth-order valence-electron chi connectivity index (χ4n) is 2.06. The minimum Gasteiger partial charge on any atom is -0.398 e. The zero-order valence-electron chi connectivity index (χ0n) is 11.4. The van der Waals surface area contributed by atoms with Crippen LogP contribution < -0.4 is 5.73 Å². The molecule has 0 saturated carbocycles. The number of carbonyl (C=O) groups excluding carboxylic acids is 1. The van der Waals surface area contributed by atoms with Gasteiger partial charge in [0.05, 0.1) is 18.5 Å². The number of ether oxygens (including phenoxy) is 1. The minimum absolute atomic E-state index is 0.136. The van der Waals surface area contributed by atoms with Gasteiger partial charge in [-0.05, 0) is 31.5 Å². The maximum absolute atomic E-state index is 12.1. The highest BCUT2D eigenvalue weighted by Gasteiger charge is 2.21. The minimum atomic E-state index is 0.136. The Labute approximate surface area is 118 Å². The molecule has 0 bridgehead atoms. The molecule has 4 nitrogen and oxygen atoms in total. The summed E-state index contributed by atoms with van der Waals surface area (Å²) in [6, 6.07) is 5.81. The third-order valence-corrected chi connectivity index (χ3v) is 4.42. The quantitative estimate of drug-likeness (QED) is 0.679. The van der Waals surface area contributed by atoms with Crippen LogP contribution in [-0.4, -0.2) is 42.4 Å². The highest BCUT2D eigenvalue weighted by molar-refractivity contribution is 8.00. The summed E-state index contributed by atoms with van der Waals surface area (Å²) in [7, 11) is 0.